The molecular formula is C43H84N3O3Si3+. The van der Waals surface area contributed by atoms with Gasteiger partial charge in [-0.3, -0.25) is 9.59 Å². The van der Waals surface area contributed by atoms with Crippen molar-refractivity contribution >= 4 is 36.5 Å². The van der Waals surface area contributed by atoms with Crippen molar-refractivity contribution < 1.29 is 17.8 Å². The third kappa shape index (κ3) is 5.78. The van der Waals surface area contributed by atoms with E-state index in [2.05, 4.69) is 132 Å². The molecule has 0 unspecified atom stereocenters. The molecule has 6 nitrogen and oxygen atoms in total. The number of Topliss-reactive ketones (excluding diaryl/α,β-unsaturated/α-hetero) is 1. The average Bonchev–Trinajstić information content (AvgIpc) is 3.60. The molecule has 0 aromatic carbocycles. The van der Waals surface area contributed by atoms with Gasteiger partial charge < -0.3 is 18.5 Å². The van der Waals surface area contributed by atoms with Crippen LogP contribution in [0.2, 0.25) is 57.4 Å². The van der Waals surface area contributed by atoms with Crippen LogP contribution in [-0.2, 0) is 14.0 Å². The molecule has 2 spiro atoms. The van der Waals surface area contributed by atoms with Gasteiger partial charge in [0.1, 0.15) is 5.78 Å². The van der Waals surface area contributed by atoms with E-state index in [0.29, 0.717) is 36.0 Å². The van der Waals surface area contributed by atoms with Crippen molar-refractivity contribution in [3.63, 3.8) is 0 Å². The molecule has 1 amide bonds. The van der Waals surface area contributed by atoms with Crippen molar-refractivity contribution in [2.24, 2.45) is 50.7 Å². The van der Waals surface area contributed by atoms with Gasteiger partial charge in [-0.05, 0) is 145 Å². The Labute approximate surface area is 324 Å². The third-order valence-electron chi connectivity index (χ3n) is 18.7. The SMILES string of the molecule is CC(C)C(=O)N[C@H]1CC[C@]23C[C@]24C(=O)C[C@]2(C)[C@@H]([C@H](C)N(C)C)[C@H](O[Si](C)(C)C(C)(C)C)C[C@@]2(C)[C@@H]4CC[C@H]3[C@]1(C)C[N+](C)([Si](C)(C)C)[Si](C)(C)C. The van der Waals surface area contributed by atoms with E-state index in [1.807, 2.05) is 13.8 Å². The fourth-order valence-electron chi connectivity index (χ4n) is 13.8. The van der Waals surface area contributed by atoms with Crippen molar-refractivity contribution in [3.8, 4) is 0 Å². The summed E-state index contributed by atoms with van der Waals surface area (Å²) in [5, 5.41) is 3.82. The van der Waals surface area contributed by atoms with E-state index in [-0.39, 0.29) is 56.1 Å². The van der Waals surface area contributed by atoms with E-state index >= 15 is 4.79 Å². The number of quaternary nitrogens is 1. The Morgan fingerprint density at radius 3 is 1.94 bits per heavy atom. The number of carbonyl (C=O) groups excluding carboxylic acids is 2. The first-order valence-corrected chi connectivity index (χ1v) is 31.1. The van der Waals surface area contributed by atoms with E-state index in [1.165, 1.54) is 10.2 Å². The molecule has 300 valence electrons. The number of rotatable bonds is 10. The fourth-order valence-corrected chi connectivity index (χ4v) is 24.8. The largest absolute Gasteiger partial charge is 0.447 e. The summed E-state index contributed by atoms with van der Waals surface area (Å²) in [5.74, 6) is 1.91. The number of nitrogens with zero attached hydrogens (tertiary/aromatic N) is 2. The maximum Gasteiger partial charge on any atom is 0.259 e. The molecule has 0 aliphatic heterocycles. The second-order valence-corrected chi connectivity index (χ2v) is 40.1. The number of hydrogen-bond donors (Lipinski definition) is 1. The number of amides is 1. The van der Waals surface area contributed by atoms with Gasteiger partial charge in [0.05, 0.1) is 12.6 Å². The van der Waals surface area contributed by atoms with E-state index in [0.717, 1.165) is 38.6 Å². The van der Waals surface area contributed by atoms with Gasteiger partial charge in [-0.15, -0.1) is 0 Å². The van der Waals surface area contributed by atoms with Gasteiger partial charge in [-0.1, -0.05) is 55.4 Å². The molecule has 0 aromatic rings. The first-order valence-electron chi connectivity index (χ1n) is 21.3. The van der Waals surface area contributed by atoms with Gasteiger partial charge in [-0.2, -0.15) is 0 Å². The Bertz CT molecular complexity index is 1410. The molecule has 0 aromatic heterocycles. The number of fused-ring (bicyclic) bond motifs is 2. The van der Waals surface area contributed by atoms with Crippen LogP contribution < -0.4 is 5.32 Å². The molecule has 5 aliphatic rings. The lowest BCUT2D eigenvalue weighted by molar-refractivity contribution is -0.719. The summed E-state index contributed by atoms with van der Waals surface area (Å²) in [4.78, 5) is 31.4. The van der Waals surface area contributed by atoms with Crippen LogP contribution in [-0.4, -0.2) is 91.1 Å². The average molecular weight is 775 g/mol. The van der Waals surface area contributed by atoms with Crippen molar-refractivity contribution in [1.82, 2.24) is 10.2 Å². The molecule has 5 rings (SSSR count). The minimum Gasteiger partial charge on any atom is -0.447 e. The highest BCUT2D eigenvalue weighted by Crippen LogP contribution is 2.88. The highest BCUT2D eigenvalue weighted by Gasteiger charge is 2.87. The Morgan fingerprint density at radius 2 is 1.46 bits per heavy atom. The zero-order chi connectivity index (χ0) is 39.8. The molecule has 1 N–H and O–H groups in total. The van der Waals surface area contributed by atoms with Gasteiger partial charge in [-0.25, -0.2) is 0 Å². The molecule has 5 fully saturated rings. The number of hydrogen-bond acceptors (Lipinski definition) is 4. The van der Waals surface area contributed by atoms with E-state index in [9.17, 15) is 4.79 Å². The Balaban J connectivity index is 1.62. The highest BCUT2D eigenvalue weighted by atomic mass is 28.4. The van der Waals surface area contributed by atoms with E-state index in [4.69, 9.17) is 4.43 Å². The lowest BCUT2D eigenvalue weighted by Gasteiger charge is -2.65. The number of ketones is 1. The smallest absolute Gasteiger partial charge is 0.259 e. The predicted octanol–water partition coefficient (Wildman–Crippen LogP) is 9.79. The molecule has 9 heteroatoms. The molecule has 5 saturated carbocycles. The summed E-state index contributed by atoms with van der Waals surface area (Å²) < 4.78 is 8.71. The van der Waals surface area contributed by atoms with Gasteiger partial charge in [0, 0.05) is 48.2 Å². The van der Waals surface area contributed by atoms with E-state index in [1.54, 1.807) is 0 Å². The Morgan fingerprint density at radius 1 is 0.923 bits per heavy atom. The van der Waals surface area contributed by atoms with Crippen LogP contribution >= 0.6 is 0 Å². The molecule has 52 heavy (non-hydrogen) atoms. The monoisotopic (exact) mass is 775 g/mol. The summed E-state index contributed by atoms with van der Waals surface area (Å²) in [7, 11) is 1.61. The molecule has 11 atom stereocenters. The molecule has 0 saturated heterocycles. The quantitative estimate of drug-likeness (QED) is 0.225. The lowest BCUT2D eigenvalue weighted by Crippen LogP contribution is -2.77. The Hall–Kier alpha value is -0.329. The lowest BCUT2D eigenvalue weighted by atomic mass is 9.41. The zero-order valence-electron chi connectivity index (χ0n) is 37.8. The number of nitrogens with one attached hydrogen (secondary N) is 1. The first kappa shape index (κ1) is 42.8. The maximum absolute atomic E-state index is 15.5. The second-order valence-electron chi connectivity index (χ2n) is 24.2. The highest BCUT2D eigenvalue weighted by molar-refractivity contribution is 6.82. The summed E-state index contributed by atoms with van der Waals surface area (Å²) in [6.07, 6.45) is 7.39. The predicted molar refractivity (Wildman–Crippen MR) is 227 cm³/mol. The third-order valence-corrected chi connectivity index (χ3v) is 33.5. The maximum atomic E-state index is 15.5. The standard InChI is InChI=1S/C43H83N3O3Si3/c1-29(2)37(48)44-34-23-24-42-27-43(42)33(22-21-32(42)39(34,7)28-46(12,50(13,14)15)51(16,17)18)40(8)25-31(49-52(19,20)38(4,5)6)36(30(3)45(10)11)41(40,9)26-35(43)47/h29-34,36H,21-28H2,1-20H3/p+1/t30-,31+,32-,33-,34-,36-,39-,40-,41+,42+,43-/m0/s1. The summed E-state index contributed by atoms with van der Waals surface area (Å²) in [5.41, 5.74) is -0.310. The zero-order valence-corrected chi connectivity index (χ0v) is 40.8. The summed E-state index contributed by atoms with van der Waals surface area (Å²) in [6.45, 7) is 42.7. The van der Waals surface area contributed by atoms with Crippen LogP contribution in [0.15, 0.2) is 0 Å². The van der Waals surface area contributed by atoms with Crippen molar-refractivity contribution in [2.45, 2.75) is 183 Å². The van der Waals surface area contributed by atoms with Crippen LogP contribution in [0.5, 0.6) is 0 Å². The van der Waals surface area contributed by atoms with Crippen LogP contribution in [0.4, 0.5) is 0 Å². The Kier molecular flexibility index (Phi) is 10.4. The second kappa shape index (κ2) is 12.6. The van der Waals surface area contributed by atoms with Gasteiger partial charge in [0.15, 0.2) is 8.32 Å². The van der Waals surface area contributed by atoms with Crippen molar-refractivity contribution in [1.29, 1.82) is 0 Å². The molecule has 0 heterocycles. The first-order chi connectivity index (χ1) is 23.2. The van der Waals surface area contributed by atoms with Gasteiger partial charge >= 0.3 is 0 Å². The van der Waals surface area contributed by atoms with Crippen LogP contribution in [0.1, 0.15) is 107 Å². The summed E-state index contributed by atoms with van der Waals surface area (Å²) >= 11 is 0. The minimum absolute atomic E-state index is 0.0306. The molecule has 0 bridgehead atoms. The summed E-state index contributed by atoms with van der Waals surface area (Å²) in [6, 6.07) is 0.478. The fraction of sp³-hybridized carbons (Fsp3) is 0.953. The normalized spacial score (nSPS) is 41.7. The minimum atomic E-state index is -2.06. The van der Waals surface area contributed by atoms with E-state index < -0.39 is 24.8 Å². The van der Waals surface area contributed by atoms with Crippen LogP contribution in [0.25, 0.3) is 0 Å². The molecular weight excluding hydrogens is 691 g/mol. The van der Waals surface area contributed by atoms with Crippen LogP contribution in [0, 0.1) is 50.7 Å². The van der Waals surface area contributed by atoms with Crippen molar-refractivity contribution in [3.05, 3.63) is 0 Å². The topological polar surface area (TPSA) is 58.6 Å². The number of carbonyl (C=O) groups is 2. The molecule has 5 aliphatic carbocycles. The van der Waals surface area contributed by atoms with Gasteiger partial charge in [0.25, 0.3) is 16.5 Å². The van der Waals surface area contributed by atoms with Crippen LogP contribution in [0.3, 0.4) is 0 Å². The van der Waals surface area contributed by atoms with Crippen molar-refractivity contribution in [2.75, 3.05) is 27.7 Å². The van der Waals surface area contributed by atoms with Gasteiger partial charge in [0.2, 0.25) is 5.91 Å². The molecule has 0 radical (unpaired) electrons.